The van der Waals surface area contributed by atoms with Crippen LogP contribution in [0.5, 0.6) is 0 Å². The molecular weight excluding hydrogens is 290 g/mol. The molecule has 0 bridgehead atoms. The molecule has 1 unspecified atom stereocenters. The summed E-state index contributed by atoms with van der Waals surface area (Å²) in [5.41, 5.74) is 0. The zero-order valence-electron chi connectivity index (χ0n) is 13.6. The van der Waals surface area contributed by atoms with Gasteiger partial charge in [-0.2, -0.15) is 0 Å². The molecule has 0 saturated carbocycles. The van der Waals surface area contributed by atoms with Gasteiger partial charge in [0.05, 0.1) is 6.26 Å². The van der Waals surface area contributed by atoms with Crippen molar-refractivity contribution in [3.8, 4) is 0 Å². The Morgan fingerprint density at radius 2 is 1.81 bits per heavy atom. The number of likely N-dealkylation sites (N-methyl/N-ethyl adjacent to an activating group) is 1. The third-order valence-electron chi connectivity index (χ3n) is 4.30. The fraction of sp³-hybridized carbons (Fsp3) is 0.929. The number of nitrogens with zero attached hydrogens (tertiary/aromatic N) is 2. The largest absolute Gasteiger partial charge is 0.354 e. The molecule has 1 heterocycles. The van der Waals surface area contributed by atoms with Crippen LogP contribution in [0.4, 0.5) is 0 Å². The highest BCUT2D eigenvalue weighted by atomic mass is 32.2. The van der Waals surface area contributed by atoms with E-state index in [-0.39, 0.29) is 11.8 Å². The van der Waals surface area contributed by atoms with Gasteiger partial charge in [0.25, 0.3) is 0 Å². The second kappa shape index (κ2) is 8.10. The predicted octanol–water partition coefficient (Wildman–Crippen LogP) is 0.505. The number of rotatable bonds is 7. The maximum absolute atomic E-state index is 12.2. The van der Waals surface area contributed by atoms with E-state index in [1.807, 2.05) is 0 Å². The highest BCUT2D eigenvalue weighted by Gasteiger charge is 2.29. The lowest BCUT2D eigenvalue weighted by Gasteiger charge is -2.31. The number of sulfonamides is 1. The molecule has 0 aromatic rings. The summed E-state index contributed by atoms with van der Waals surface area (Å²) in [6.07, 6.45) is 2.44. The lowest BCUT2D eigenvalue weighted by atomic mass is 9.97. The van der Waals surface area contributed by atoms with Gasteiger partial charge in [0.1, 0.15) is 0 Å². The van der Waals surface area contributed by atoms with Crippen LogP contribution in [0.25, 0.3) is 0 Å². The molecule has 0 aliphatic carbocycles. The van der Waals surface area contributed by atoms with Crippen molar-refractivity contribution in [2.75, 3.05) is 39.0 Å². The van der Waals surface area contributed by atoms with Crippen molar-refractivity contribution in [1.29, 1.82) is 0 Å². The average Bonchev–Trinajstić information content (AvgIpc) is 2.45. The molecule has 124 valence electrons. The second-order valence-corrected chi connectivity index (χ2v) is 7.73. The molecule has 1 rings (SSSR count). The summed E-state index contributed by atoms with van der Waals surface area (Å²) in [5, 5.41) is 3.01. The minimum Gasteiger partial charge on any atom is -0.354 e. The number of hydrogen-bond donors (Lipinski definition) is 1. The van der Waals surface area contributed by atoms with Crippen LogP contribution in [0.15, 0.2) is 0 Å². The third kappa shape index (κ3) is 5.56. The Labute approximate surface area is 128 Å². The summed E-state index contributed by atoms with van der Waals surface area (Å²) < 4.78 is 24.3. The Morgan fingerprint density at radius 1 is 1.29 bits per heavy atom. The van der Waals surface area contributed by atoms with Gasteiger partial charge in [-0.25, -0.2) is 12.7 Å². The van der Waals surface area contributed by atoms with Crippen LogP contribution >= 0.6 is 0 Å². The van der Waals surface area contributed by atoms with Gasteiger partial charge >= 0.3 is 0 Å². The fourth-order valence-corrected chi connectivity index (χ4v) is 3.69. The van der Waals surface area contributed by atoms with E-state index in [1.54, 1.807) is 0 Å². The Kier molecular flexibility index (Phi) is 7.09. The van der Waals surface area contributed by atoms with Gasteiger partial charge in [-0.15, -0.1) is 0 Å². The topological polar surface area (TPSA) is 69.7 Å². The normalized spacial score (nSPS) is 19.7. The van der Waals surface area contributed by atoms with Crippen LogP contribution in [0.2, 0.25) is 0 Å². The molecule has 1 aliphatic heterocycles. The Balaban J connectivity index is 2.38. The van der Waals surface area contributed by atoms with E-state index in [0.717, 1.165) is 13.1 Å². The van der Waals surface area contributed by atoms with Crippen LogP contribution in [0, 0.1) is 5.92 Å². The first-order valence-electron chi connectivity index (χ1n) is 7.76. The summed E-state index contributed by atoms with van der Waals surface area (Å²) in [6, 6.07) is 0.319. The van der Waals surface area contributed by atoms with Gasteiger partial charge in [-0.05, 0) is 32.9 Å². The zero-order valence-corrected chi connectivity index (χ0v) is 14.4. The first-order valence-corrected chi connectivity index (χ1v) is 9.61. The maximum atomic E-state index is 12.2. The van der Waals surface area contributed by atoms with Crippen molar-refractivity contribution in [3.05, 3.63) is 0 Å². The molecular formula is C14H29N3O3S. The molecule has 0 aromatic carbocycles. The predicted molar refractivity (Wildman–Crippen MR) is 84.5 cm³/mol. The zero-order chi connectivity index (χ0) is 16.0. The highest BCUT2D eigenvalue weighted by molar-refractivity contribution is 7.88. The lowest BCUT2D eigenvalue weighted by molar-refractivity contribution is -0.126. The summed E-state index contributed by atoms with van der Waals surface area (Å²) in [7, 11) is -3.12. The molecule has 6 nitrogen and oxygen atoms in total. The summed E-state index contributed by atoms with van der Waals surface area (Å²) in [5.74, 6) is -0.00550. The van der Waals surface area contributed by atoms with Crippen molar-refractivity contribution < 1.29 is 13.2 Å². The van der Waals surface area contributed by atoms with Crippen molar-refractivity contribution in [2.24, 2.45) is 5.92 Å². The molecule has 1 saturated heterocycles. The quantitative estimate of drug-likeness (QED) is 0.742. The molecule has 0 aromatic heterocycles. The Bertz CT molecular complexity index is 427. The number of hydrogen-bond acceptors (Lipinski definition) is 4. The van der Waals surface area contributed by atoms with Crippen LogP contribution < -0.4 is 5.32 Å². The molecule has 1 aliphatic rings. The summed E-state index contributed by atoms with van der Waals surface area (Å²) in [4.78, 5) is 14.5. The smallest absolute Gasteiger partial charge is 0.223 e. The highest BCUT2D eigenvalue weighted by Crippen LogP contribution is 2.19. The number of amides is 1. The average molecular weight is 319 g/mol. The molecule has 7 heteroatoms. The SMILES string of the molecule is CCN(CC)C(C)CNC(=O)C1CCN(S(C)(=O)=O)CC1. The van der Waals surface area contributed by atoms with E-state index in [0.29, 0.717) is 38.5 Å². The molecule has 1 N–H and O–H groups in total. The molecule has 1 amide bonds. The van der Waals surface area contributed by atoms with E-state index >= 15 is 0 Å². The summed E-state index contributed by atoms with van der Waals surface area (Å²) in [6.45, 7) is 9.82. The van der Waals surface area contributed by atoms with Gasteiger partial charge in [0.2, 0.25) is 15.9 Å². The number of piperidine rings is 1. The van der Waals surface area contributed by atoms with Crippen molar-refractivity contribution >= 4 is 15.9 Å². The third-order valence-corrected chi connectivity index (χ3v) is 5.60. The van der Waals surface area contributed by atoms with Gasteiger partial charge in [-0.3, -0.25) is 9.69 Å². The fourth-order valence-electron chi connectivity index (χ4n) is 2.82. The van der Waals surface area contributed by atoms with Crippen molar-refractivity contribution in [2.45, 2.75) is 39.7 Å². The monoisotopic (exact) mass is 319 g/mol. The van der Waals surface area contributed by atoms with Gasteiger partial charge in [0.15, 0.2) is 0 Å². The van der Waals surface area contributed by atoms with Crippen LogP contribution in [-0.4, -0.2) is 68.6 Å². The standard InChI is InChI=1S/C14H29N3O3S/c1-5-16(6-2)12(3)11-15-14(18)13-7-9-17(10-8-13)21(4,19)20/h12-13H,5-11H2,1-4H3,(H,15,18). The molecule has 21 heavy (non-hydrogen) atoms. The van der Waals surface area contributed by atoms with Gasteiger partial charge in [0, 0.05) is 31.6 Å². The van der Waals surface area contributed by atoms with E-state index in [9.17, 15) is 13.2 Å². The van der Waals surface area contributed by atoms with Crippen LogP contribution in [-0.2, 0) is 14.8 Å². The van der Waals surface area contributed by atoms with Crippen molar-refractivity contribution in [3.63, 3.8) is 0 Å². The summed E-state index contributed by atoms with van der Waals surface area (Å²) >= 11 is 0. The second-order valence-electron chi connectivity index (χ2n) is 5.75. The molecule has 1 fully saturated rings. The minimum atomic E-state index is -3.12. The van der Waals surface area contributed by atoms with Crippen molar-refractivity contribution in [1.82, 2.24) is 14.5 Å². The Morgan fingerprint density at radius 3 is 2.24 bits per heavy atom. The number of nitrogens with one attached hydrogen (secondary N) is 1. The number of carbonyl (C=O) groups is 1. The molecule has 0 spiro atoms. The molecule has 0 radical (unpaired) electrons. The van der Waals surface area contributed by atoms with Crippen LogP contribution in [0.1, 0.15) is 33.6 Å². The van der Waals surface area contributed by atoms with Gasteiger partial charge in [-0.1, -0.05) is 13.8 Å². The van der Waals surface area contributed by atoms with Crippen LogP contribution in [0.3, 0.4) is 0 Å². The first-order chi connectivity index (χ1) is 9.79. The Hall–Kier alpha value is -0.660. The van der Waals surface area contributed by atoms with E-state index in [4.69, 9.17) is 0 Å². The number of carbonyl (C=O) groups excluding carboxylic acids is 1. The minimum absolute atomic E-state index is 0.0576. The first kappa shape index (κ1) is 18.4. The van der Waals surface area contributed by atoms with Gasteiger partial charge < -0.3 is 5.32 Å². The van der Waals surface area contributed by atoms with E-state index < -0.39 is 10.0 Å². The maximum Gasteiger partial charge on any atom is 0.223 e. The molecule has 1 atom stereocenters. The van der Waals surface area contributed by atoms with E-state index in [2.05, 4.69) is 31.0 Å². The van der Waals surface area contributed by atoms with E-state index in [1.165, 1.54) is 10.6 Å². The lowest BCUT2D eigenvalue weighted by Crippen LogP contribution is -2.46.